The predicted molar refractivity (Wildman–Crippen MR) is 120 cm³/mol. The molecule has 6 heteroatoms. The van der Waals surface area contributed by atoms with Gasteiger partial charge in [-0.05, 0) is 53.5 Å². The number of rotatable bonds is 5. The summed E-state index contributed by atoms with van der Waals surface area (Å²) < 4.78 is 10.8. The Balaban J connectivity index is 1.44. The molecule has 30 heavy (non-hydrogen) atoms. The lowest BCUT2D eigenvalue weighted by atomic mass is 9.83. The quantitative estimate of drug-likeness (QED) is 0.778. The van der Waals surface area contributed by atoms with Gasteiger partial charge in [0, 0.05) is 31.0 Å². The molecule has 4 aliphatic rings. The van der Waals surface area contributed by atoms with Crippen LogP contribution in [0.5, 0.6) is 11.5 Å². The molecule has 3 heterocycles. The Bertz CT molecular complexity index is 965. The predicted octanol–water partition coefficient (Wildman–Crippen LogP) is 3.67. The minimum atomic E-state index is -0.0369. The highest BCUT2D eigenvalue weighted by Crippen LogP contribution is 2.49. The van der Waals surface area contributed by atoms with Gasteiger partial charge in [0.05, 0.1) is 31.9 Å². The highest BCUT2D eigenvalue weighted by atomic mass is 32.2. The summed E-state index contributed by atoms with van der Waals surface area (Å²) in [5.74, 6) is 1.61. The van der Waals surface area contributed by atoms with Gasteiger partial charge in [0.2, 0.25) is 0 Å². The zero-order valence-electron chi connectivity index (χ0n) is 17.6. The summed E-state index contributed by atoms with van der Waals surface area (Å²) in [7, 11) is 3.26. The summed E-state index contributed by atoms with van der Waals surface area (Å²) in [5, 5.41) is 5.77. The lowest BCUT2D eigenvalue weighted by molar-refractivity contribution is -0.123. The number of fused-ring (bicyclic) bond motifs is 2. The van der Waals surface area contributed by atoms with Crippen molar-refractivity contribution in [3.63, 3.8) is 0 Å². The van der Waals surface area contributed by atoms with E-state index >= 15 is 0 Å². The van der Waals surface area contributed by atoms with E-state index in [2.05, 4.69) is 21.7 Å². The van der Waals surface area contributed by atoms with Crippen LogP contribution in [0.3, 0.4) is 0 Å². The molecule has 0 saturated carbocycles. The van der Waals surface area contributed by atoms with Crippen molar-refractivity contribution in [3.05, 3.63) is 57.0 Å². The fourth-order valence-electron chi connectivity index (χ4n) is 5.35. The molecule has 5 nitrogen and oxygen atoms in total. The third kappa shape index (κ3) is 3.26. The van der Waals surface area contributed by atoms with Crippen LogP contribution < -0.4 is 14.8 Å². The van der Waals surface area contributed by atoms with E-state index in [9.17, 15) is 4.79 Å². The summed E-state index contributed by atoms with van der Waals surface area (Å²) in [6.45, 7) is 2.54. The van der Waals surface area contributed by atoms with Gasteiger partial charge in [-0.15, -0.1) is 11.8 Å². The molecule has 1 aromatic rings. The van der Waals surface area contributed by atoms with E-state index in [4.69, 9.17) is 9.47 Å². The Morgan fingerprint density at radius 1 is 1.23 bits per heavy atom. The van der Waals surface area contributed by atoms with E-state index in [1.807, 2.05) is 30.0 Å². The molecule has 1 aromatic carbocycles. The molecule has 1 N–H and O–H groups in total. The average molecular weight is 425 g/mol. The van der Waals surface area contributed by atoms with E-state index in [1.165, 1.54) is 28.2 Å². The molecule has 1 saturated heterocycles. The van der Waals surface area contributed by atoms with Crippen LogP contribution in [0.2, 0.25) is 0 Å². The first-order valence-corrected chi connectivity index (χ1v) is 11.6. The van der Waals surface area contributed by atoms with Crippen LogP contribution in [0.15, 0.2) is 51.4 Å². The molecule has 2 atom stereocenters. The molecule has 0 amide bonds. The fourth-order valence-corrected chi connectivity index (χ4v) is 6.31. The molecule has 0 aromatic heterocycles. The second-order valence-electron chi connectivity index (χ2n) is 8.29. The van der Waals surface area contributed by atoms with Crippen LogP contribution in [0.1, 0.15) is 24.8 Å². The number of nitrogens with one attached hydrogen (secondary N) is 1. The number of ketones is 1. The van der Waals surface area contributed by atoms with Gasteiger partial charge < -0.3 is 19.7 Å². The van der Waals surface area contributed by atoms with Gasteiger partial charge in [-0.2, -0.15) is 0 Å². The number of piperidine rings is 1. The van der Waals surface area contributed by atoms with Crippen molar-refractivity contribution in [2.45, 2.75) is 31.7 Å². The summed E-state index contributed by atoms with van der Waals surface area (Å²) in [4.78, 5) is 17.5. The van der Waals surface area contributed by atoms with Crippen LogP contribution in [0.25, 0.3) is 0 Å². The normalized spacial score (nSPS) is 25.1. The number of allylic oxidation sites excluding steroid dienone is 2. The molecular weight excluding hydrogens is 396 g/mol. The van der Waals surface area contributed by atoms with Crippen molar-refractivity contribution in [2.24, 2.45) is 5.92 Å². The Labute approximate surface area is 182 Å². The maximum Gasteiger partial charge on any atom is 0.161 e. The van der Waals surface area contributed by atoms with Gasteiger partial charge in [0.15, 0.2) is 11.5 Å². The molecule has 3 aliphatic heterocycles. The van der Waals surface area contributed by atoms with E-state index in [0.29, 0.717) is 23.7 Å². The van der Waals surface area contributed by atoms with Gasteiger partial charge in [-0.1, -0.05) is 12.1 Å². The zero-order chi connectivity index (χ0) is 20.7. The molecule has 0 bridgehead atoms. The maximum atomic E-state index is 13.5. The van der Waals surface area contributed by atoms with Crippen LogP contribution in [-0.2, 0) is 11.2 Å². The number of benzene rings is 1. The first kappa shape index (κ1) is 19.8. The number of Topliss-reactive ketones (excluding diaryl/α,β-unsaturated/α-hetero) is 1. The molecule has 1 aliphatic carbocycles. The average Bonchev–Trinajstić information content (AvgIpc) is 2.95. The van der Waals surface area contributed by atoms with Crippen molar-refractivity contribution in [1.82, 2.24) is 10.2 Å². The molecule has 158 valence electrons. The van der Waals surface area contributed by atoms with Gasteiger partial charge in [-0.25, -0.2) is 0 Å². The summed E-state index contributed by atoms with van der Waals surface area (Å²) in [6, 6.07) is 5.97. The number of thioether (sulfide) groups is 1. The first-order chi connectivity index (χ1) is 14.7. The maximum absolute atomic E-state index is 13.5. The van der Waals surface area contributed by atoms with Gasteiger partial charge in [0.25, 0.3) is 0 Å². The highest BCUT2D eigenvalue weighted by Gasteiger charge is 2.46. The Kier molecular flexibility index (Phi) is 5.37. The molecule has 1 fully saturated rings. The third-order valence-electron chi connectivity index (χ3n) is 6.66. The summed E-state index contributed by atoms with van der Waals surface area (Å²) in [5.41, 5.74) is 5.37. The molecular formula is C24H28N2O3S. The number of hydrogen-bond acceptors (Lipinski definition) is 6. The third-order valence-corrected chi connectivity index (χ3v) is 7.67. The number of ether oxygens (including phenoxy) is 2. The van der Waals surface area contributed by atoms with E-state index in [0.717, 1.165) is 38.0 Å². The highest BCUT2D eigenvalue weighted by molar-refractivity contribution is 8.05. The van der Waals surface area contributed by atoms with Crippen molar-refractivity contribution in [1.29, 1.82) is 0 Å². The number of hydrogen-bond donors (Lipinski definition) is 1. The topological polar surface area (TPSA) is 50.8 Å². The van der Waals surface area contributed by atoms with Crippen LogP contribution >= 0.6 is 11.8 Å². The fraction of sp³-hybridized carbons (Fsp3) is 0.458. The van der Waals surface area contributed by atoms with E-state index in [1.54, 1.807) is 14.2 Å². The molecule has 2 unspecified atom stereocenters. The Morgan fingerprint density at radius 3 is 2.93 bits per heavy atom. The summed E-state index contributed by atoms with van der Waals surface area (Å²) >= 11 is 1.87. The van der Waals surface area contributed by atoms with Crippen molar-refractivity contribution in [2.75, 3.05) is 33.9 Å². The van der Waals surface area contributed by atoms with Crippen LogP contribution in [0, 0.1) is 5.92 Å². The Hall–Kier alpha value is -2.18. The van der Waals surface area contributed by atoms with Gasteiger partial charge >= 0.3 is 0 Å². The minimum Gasteiger partial charge on any atom is -0.493 e. The van der Waals surface area contributed by atoms with Gasteiger partial charge in [0.1, 0.15) is 5.78 Å². The van der Waals surface area contributed by atoms with Crippen molar-refractivity contribution in [3.8, 4) is 11.5 Å². The number of carbonyl (C=O) groups excluding carboxylic acids is 1. The lowest BCUT2D eigenvalue weighted by Crippen LogP contribution is -2.51. The second kappa shape index (κ2) is 8.16. The number of methoxy groups -OCH3 is 2. The number of carbonyl (C=O) groups is 1. The van der Waals surface area contributed by atoms with Crippen LogP contribution in [0.4, 0.5) is 0 Å². The smallest absolute Gasteiger partial charge is 0.161 e. The Morgan fingerprint density at radius 2 is 2.10 bits per heavy atom. The zero-order valence-corrected chi connectivity index (χ0v) is 18.4. The first-order valence-electron chi connectivity index (χ1n) is 10.7. The number of nitrogens with zero attached hydrogens (tertiary/aromatic N) is 1. The monoisotopic (exact) mass is 424 g/mol. The van der Waals surface area contributed by atoms with E-state index < -0.39 is 0 Å². The molecule has 0 spiro atoms. The summed E-state index contributed by atoms with van der Waals surface area (Å²) in [6.07, 6.45) is 6.17. The van der Waals surface area contributed by atoms with Gasteiger partial charge in [-0.3, -0.25) is 4.79 Å². The SMILES string of the molecule is COc1ccc(CC(=O)C2CNCC3=C4CCCC5=C4N(CC=CS5)C32)cc1OC. The minimum absolute atomic E-state index is 0.0369. The van der Waals surface area contributed by atoms with E-state index in [-0.39, 0.29) is 12.0 Å². The lowest BCUT2D eigenvalue weighted by Gasteiger charge is -2.38. The molecule has 5 rings (SSSR count). The largest absolute Gasteiger partial charge is 0.493 e. The van der Waals surface area contributed by atoms with Crippen molar-refractivity contribution >= 4 is 17.5 Å². The molecule has 0 radical (unpaired) electrons. The van der Waals surface area contributed by atoms with Crippen molar-refractivity contribution < 1.29 is 14.3 Å². The van der Waals surface area contributed by atoms with Crippen LogP contribution in [-0.4, -0.2) is 50.6 Å². The second-order valence-corrected chi connectivity index (χ2v) is 9.29. The standard InChI is InChI=1S/C24H28N2O3S/c1-28-20-8-7-15(12-21(20)29-2)11-19(27)18-14-25-13-17-16-5-3-6-22-24(16)26(23(17)18)9-4-10-30-22/h4,7-8,10,12,18,23,25H,3,5-6,9,11,13-14H2,1-2H3.